The lowest BCUT2D eigenvalue weighted by molar-refractivity contribution is -0.118. The van der Waals surface area contributed by atoms with Crippen molar-refractivity contribution in [1.29, 1.82) is 0 Å². The molecule has 1 aromatic carbocycles. The molecule has 1 saturated carbocycles. The highest BCUT2D eigenvalue weighted by Crippen LogP contribution is 2.43. The lowest BCUT2D eigenvalue weighted by Crippen LogP contribution is -2.61. The summed E-state index contributed by atoms with van der Waals surface area (Å²) in [5.74, 6) is 0. The summed E-state index contributed by atoms with van der Waals surface area (Å²) in [5, 5.41) is 3.74. The van der Waals surface area contributed by atoms with Crippen LogP contribution in [0.1, 0.15) is 38.8 Å². The monoisotopic (exact) mass is 277 g/mol. The van der Waals surface area contributed by atoms with Crippen LogP contribution in [0.2, 0.25) is 0 Å². The van der Waals surface area contributed by atoms with Crippen LogP contribution >= 0.6 is 0 Å². The zero-order valence-corrected chi connectivity index (χ0v) is 13.1. The predicted octanol–water partition coefficient (Wildman–Crippen LogP) is 3.17. The lowest BCUT2D eigenvalue weighted by atomic mass is 9.64. The van der Waals surface area contributed by atoms with Gasteiger partial charge < -0.3 is 14.8 Å². The van der Waals surface area contributed by atoms with E-state index in [-0.39, 0.29) is 11.5 Å². The van der Waals surface area contributed by atoms with Gasteiger partial charge in [-0.15, -0.1) is 0 Å². The van der Waals surface area contributed by atoms with Crippen LogP contribution in [0.15, 0.2) is 30.3 Å². The summed E-state index contributed by atoms with van der Waals surface area (Å²) in [6, 6.07) is 11.2. The van der Waals surface area contributed by atoms with Crippen LogP contribution in [0.5, 0.6) is 0 Å². The van der Waals surface area contributed by atoms with Gasteiger partial charge in [0, 0.05) is 25.2 Å². The van der Waals surface area contributed by atoms with Crippen LogP contribution in [0, 0.1) is 5.41 Å². The number of hydrogen-bond donors (Lipinski definition) is 1. The fourth-order valence-corrected chi connectivity index (χ4v) is 2.99. The van der Waals surface area contributed by atoms with Crippen molar-refractivity contribution in [2.75, 3.05) is 20.3 Å². The Morgan fingerprint density at radius 2 is 2.00 bits per heavy atom. The number of rotatable bonds is 7. The highest BCUT2D eigenvalue weighted by atomic mass is 16.5. The van der Waals surface area contributed by atoms with E-state index < -0.39 is 0 Å². The average molecular weight is 277 g/mol. The SMILES string of the molecule is CCOC1CC(NC(COC)c2ccccc2)C1(C)C. The Morgan fingerprint density at radius 3 is 2.55 bits per heavy atom. The molecule has 1 aliphatic rings. The molecule has 3 nitrogen and oxygen atoms in total. The first-order valence-electron chi connectivity index (χ1n) is 7.51. The number of benzene rings is 1. The van der Waals surface area contributed by atoms with Crippen molar-refractivity contribution >= 4 is 0 Å². The Morgan fingerprint density at radius 1 is 1.30 bits per heavy atom. The smallest absolute Gasteiger partial charge is 0.0657 e. The maximum Gasteiger partial charge on any atom is 0.0657 e. The minimum absolute atomic E-state index is 0.177. The highest BCUT2D eigenvalue weighted by Gasteiger charge is 2.49. The number of methoxy groups -OCH3 is 1. The average Bonchev–Trinajstić information content (AvgIpc) is 2.46. The molecule has 0 heterocycles. The third kappa shape index (κ3) is 3.22. The molecule has 20 heavy (non-hydrogen) atoms. The van der Waals surface area contributed by atoms with E-state index in [2.05, 4.69) is 50.4 Å². The van der Waals surface area contributed by atoms with E-state index in [4.69, 9.17) is 9.47 Å². The van der Waals surface area contributed by atoms with Gasteiger partial charge in [-0.05, 0) is 18.9 Å². The summed E-state index contributed by atoms with van der Waals surface area (Å²) in [5.41, 5.74) is 1.46. The fraction of sp³-hybridized carbons (Fsp3) is 0.647. The van der Waals surface area contributed by atoms with Gasteiger partial charge in [-0.2, -0.15) is 0 Å². The molecule has 0 radical (unpaired) electrons. The minimum atomic E-state index is 0.177. The van der Waals surface area contributed by atoms with Crippen LogP contribution in [-0.2, 0) is 9.47 Å². The first kappa shape index (κ1) is 15.5. The van der Waals surface area contributed by atoms with E-state index in [9.17, 15) is 0 Å². The zero-order valence-electron chi connectivity index (χ0n) is 13.1. The third-order valence-electron chi connectivity index (χ3n) is 4.48. The van der Waals surface area contributed by atoms with Gasteiger partial charge in [0.15, 0.2) is 0 Å². The van der Waals surface area contributed by atoms with Crippen LogP contribution in [-0.4, -0.2) is 32.5 Å². The Labute approximate surface area is 122 Å². The molecule has 3 atom stereocenters. The maximum atomic E-state index is 5.80. The second-order valence-corrected chi connectivity index (χ2v) is 6.14. The van der Waals surface area contributed by atoms with Gasteiger partial charge in [-0.25, -0.2) is 0 Å². The standard InChI is InChI=1S/C17H27NO2/c1-5-20-16-11-15(17(16,2)3)18-14(12-19-4)13-9-7-6-8-10-13/h6-10,14-16,18H,5,11-12H2,1-4H3. The van der Waals surface area contributed by atoms with E-state index in [0.717, 1.165) is 13.0 Å². The first-order chi connectivity index (χ1) is 9.59. The van der Waals surface area contributed by atoms with E-state index in [1.165, 1.54) is 5.56 Å². The van der Waals surface area contributed by atoms with Gasteiger partial charge in [0.25, 0.3) is 0 Å². The summed E-state index contributed by atoms with van der Waals surface area (Å²) in [6.45, 7) is 8.11. The Balaban J connectivity index is 2.00. The van der Waals surface area contributed by atoms with E-state index in [1.54, 1.807) is 7.11 Å². The normalized spacial score (nSPS) is 26.0. The minimum Gasteiger partial charge on any atom is -0.383 e. The van der Waals surface area contributed by atoms with Gasteiger partial charge in [0.2, 0.25) is 0 Å². The van der Waals surface area contributed by atoms with Gasteiger partial charge >= 0.3 is 0 Å². The van der Waals surface area contributed by atoms with Gasteiger partial charge in [-0.3, -0.25) is 0 Å². The van der Waals surface area contributed by atoms with Crippen LogP contribution in [0.4, 0.5) is 0 Å². The number of hydrogen-bond acceptors (Lipinski definition) is 3. The molecule has 0 aromatic heterocycles. The second kappa shape index (κ2) is 6.70. The second-order valence-electron chi connectivity index (χ2n) is 6.14. The Bertz CT molecular complexity index is 405. The van der Waals surface area contributed by atoms with Gasteiger partial charge in [-0.1, -0.05) is 44.2 Å². The van der Waals surface area contributed by atoms with Gasteiger partial charge in [0.05, 0.1) is 18.8 Å². The molecule has 1 aliphatic carbocycles. The fourth-order valence-electron chi connectivity index (χ4n) is 2.99. The molecule has 1 aromatic rings. The molecule has 0 bridgehead atoms. The third-order valence-corrected chi connectivity index (χ3v) is 4.48. The molecule has 2 rings (SSSR count). The number of nitrogens with one attached hydrogen (secondary N) is 1. The molecular formula is C17H27NO2. The quantitative estimate of drug-likeness (QED) is 0.830. The van der Waals surface area contributed by atoms with Crippen LogP contribution < -0.4 is 5.32 Å². The lowest BCUT2D eigenvalue weighted by Gasteiger charge is -2.53. The van der Waals surface area contributed by atoms with Crippen molar-refractivity contribution in [3.8, 4) is 0 Å². The molecular weight excluding hydrogens is 250 g/mol. The van der Waals surface area contributed by atoms with Crippen molar-refractivity contribution in [3.63, 3.8) is 0 Å². The molecule has 3 heteroatoms. The van der Waals surface area contributed by atoms with E-state index >= 15 is 0 Å². The molecule has 0 saturated heterocycles. The zero-order chi connectivity index (χ0) is 14.6. The highest BCUT2D eigenvalue weighted by molar-refractivity contribution is 5.20. The summed E-state index contributed by atoms with van der Waals surface area (Å²) in [4.78, 5) is 0. The summed E-state index contributed by atoms with van der Waals surface area (Å²) < 4.78 is 11.2. The Kier molecular flexibility index (Phi) is 5.19. The number of ether oxygens (including phenoxy) is 2. The largest absolute Gasteiger partial charge is 0.383 e. The van der Waals surface area contributed by atoms with Crippen molar-refractivity contribution in [2.45, 2.75) is 45.4 Å². The van der Waals surface area contributed by atoms with Gasteiger partial charge in [0.1, 0.15) is 0 Å². The molecule has 3 unspecified atom stereocenters. The van der Waals surface area contributed by atoms with Crippen molar-refractivity contribution in [3.05, 3.63) is 35.9 Å². The molecule has 0 aliphatic heterocycles. The van der Waals surface area contributed by atoms with E-state index in [1.807, 2.05) is 6.07 Å². The molecule has 1 fully saturated rings. The first-order valence-corrected chi connectivity index (χ1v) is 7.51. The van der Waals surface area contributed by atoms with Crippen molar-refractivity contribution in [2.24, 2.45) is 5.41 Å². The van der Waals surface area contributed by atoms with E-state index in [0.29, 0.717) is 18.8 Å². The molecule has 112 valence electrons. The Hall–Kier alpha value is -0.900. The topological polar surface area (TPSA) is 30.5 Å². The maximum absolute atomic E-state index is 5.80. The summed E-state index contributed by atoms with van der Waals surface area (Å²) >= 11 is 0. The van der Waals surface area contributed by atoms with Crippen molar-refractivity contribution < 1.29 is 9.47 Å². The van der Waals surface area contributed by atoms with Crippen LogP contribution in [0.25, 0.3) is 0 Å². The summed E-state index contributed by atoms with van der Waals surface area (Å²) in [6.07, 6.45) is 1.44. The van der Waals surface area contributed by atoms with Crippen molar-refractivity contribution in [1.82, 2.24) is 5.32 Å². The van der Waals surface area contributed by atoms with Crippen LogP contribution in [0.3, 0.4) is 0 Å². The molecule has 1 N–H and O–H groups in total. The summed E-state index contributed by atoms with van der Waals surface area (Å²) in [7, 11) is 1.76. The molecule has 0 amide bonds. The predicted molar refractivity (Wildman–Crippen MR) is 81.8 cm³/mol. The molecule has 0 spiro atoms.